The zero-order valence-electron chi connectivity index (χ0n) is 23.5. The highest BCUT2D eigenvalue weighted by Crippen LogP contribution is 2.43. The average molecular weight is 652 g/mol. The number of nitrogens with zero attached hydrogens (tertiary/aromatic N) is 4. The van der Waals surface area contributed by atoms with Crippen LogP contribution in [0.1, 0.15) is 42.1 Å². The molecule has 0 spiro atoms. The lowest BCUT2D eigenvalue weighted by molar-refractivity contribution is -0.160. The monoisotopic (exact) mass is 651 g/mol. The Hall–Kier alpha value is -5.04. The Morgan fingerprint density at radius 3 is 2.43 bits per heavy atom. The van der Waals surface area contributed by atoms with Crippen molar-refractivity contribution < 1.29 is 49.8 Å². The summed E-state index contributed by atoms with van der Waals surface area (Å²) < 4.78 is 110. The van der Waals surface area contributed by atoms with Gasteiger partial charge in [-0.1, -0.05) is 12.0 Å². The number of hydrazine groups is 1. The van der Waals surface area contributed by atoms with Gasteiger partial charge in [0.25, 0.3) is 11.8 Å². The first-order chi connectivity index (χ1) is 21.5. The summed E-state index contributed by atoms with van der Waals surface area (Å²) in [6.45, 7) is 1.06. The highest BCUT2D eigenvalue weighted by molar-refractivity contribution is 6.24. The third kappa shape index (κ3) is 5.62. The predicted octanol–water partition coefficient (Wildman–Crippen LogP) is 6.00. The van der Waals surface area contributed by atoms with Gasteiger partial charge in [-0.25, -0.2) is 23.8 Å². The largest absolute Gasteiger partial charge is 0.509 e. The topological polar surface area (TPSA) is 98.7 Å². The standard InChI is InChI=1S/C30H21F8N5O3/c1-3-15-5-6-16(24(32)23(15)31)13-42-27(46)22(25(44)28(2)9-4-10-43(28)42)26(45)41-19-8-7-17(29(33,34)35)11-18(19)20-12-21(30(36,37)38)40-14-39-20/h1,5-8,11-12,14,44H,4,9-10,13H2,2H3,(H,41,45)/t28-/m1/s1. The number of amides is 2. The number of fused-ring (bicyclic) bond motifs is 1. The van der Waals surface area contributed by atoms with Crippen molar-refractivity contribution in [3.63, 3.8) is 0 Å². The second-order valence-electron chi connectivity index (χ2n) is 10.6. The van der Waals surface area contributed by atoms with Crippen LogP contribution in [0.3, 0.4) is 0 Å². The number of carbonyl (C=O) groups is 2. The third-order valence-corrected chi connectivity index (χ3v) is 7.78. The molecule has 0 saturated carbocycles. The number of rotatable bonds is 5. The maximum Gasteiger partial charge on any atom is 0.433 e. The van der Waals surface area contributed by atoms with E-state index in [0.29, 0.717) is 30.9 Å². The van der Waals surface area contributed by atoms with E-state index < -0.39 is 87.4 Å². The van der Waals surface area contributed by atoms with Gasteiger partial charge in [0.15, 0.2) is 11.6 Å². The molecule has 2 aliphatic heterocycles. The number of alkyl halides is 6. The minimum Gasteiger partial charge on any atom is -0.509 e. The summed E-state index contributed by atoms with van der Waals surface area (Å²) in [4.78, 5) is 34.1. The Labute approximate surface area is 255 Å². The molecule has 0 bridgehead atoms. The summed E-state index contributed by atoms with van der Waals surface area (Å²) in [5.74, 6) is -3.89. The molecule has 3 aromatic rings. The minimum absolute atomic E-state index is 0.173. The molecular formula is C30H21F8N5O3. The molecule has 0 unspecified atom stereocenters. The van der Waals surface area contributed by atoms with Crippen LogP contribution < -0.4 is 5.32 Å². The van der Waals surface area contributed by atoms with E-state index in [0.717, 1.165) is 23.2 Å². The Bertz CT molecular complexity index is 1830. The number of anilines is 1. The first-order valence-corrected chi connectivity index (χ1v) is 13.4. The molecule has 1 aromatic heterocycles. The lowest BCUT2D eigenvalue weighted by atomic mass is 9.90. The predicted molar refractivity (Wildman–Crippen MR) is 145 cm³/mol. The van der Waals surface area contributed by atoms with Crippen LogP contribution in [0, 0.1) is 24.0 Å². The van der Waals surface area contributed by atoms with Crippen LogP contribution in [-0.2, 0) is 28.5 Å². The Morgan fingerprint density at radius 2 is 1.78 bits per heavy atom. The second-order valence-corrected chi connectivity index (χ2v) is 10.6. The molecule has 2 aliphatic rings. The maximum atomic E-state index is 14.9. The van der Waals surface area contributed by atoms with Crippen LogP contribution in [0.5, 0.6) is 0 Å². The maximum absolute atomic E-state index is 14.9. The zero-order valence-corrected chi connectivity index (χ0v) is 23.5. The molecule has 1 saturated heterocycles. The quantitative estimate of drug-likeness (QED) is 0.200. The van der Waals surface area contributed by atoms with Crippen molar-refractivity contribution >= 4 is 17.5 Å². The number of aliphatic hydroxyl groups is 1. The van der Waals surface area contributed by atoms with Crippen molar-refractivity contribution in [3.8, 4) is 23.6 Å². The third-order valence-electron chi connectivity index (χ3n) is 7.78. The lowest BCUT2D eigenvalue weighted by Crippen LogP contribution is -2.60. The summed E-state index contributed by atoms with van der Waals surface area (Å²) in [7, 11) is 0. The molecule has 3 heterocycles. The number of benzene rings is 2. The van der Waals surface area contributed by atoms with Gasteiger partial charge < -0.3 is 10.4 Å². The highest BCUT2D eigenvalue weighted by Gasteiger charge is 2.53. The van der Waals surface area contributed by atoms with E-state index in [4.69, 9.17) is 6.42 Å². The van der Waals surface area contributed by atoms with Gasteiger partial charge in [0.2, 0.25) is 0 Å². The fourth-order valence-corrected chi connectivity index (χ4v) is 5.42. The number of hydrogen-bond acceptors (Lipinski definition) is 6. The Morgan fingerprint density at radius 1 is 1.07 bits per heavy atom. The van der Waals surface area contributed by atoms with E-state index in [1.54, 1.807) is 0 Å². The van der Waals surface area contributed by atoms with Gasteiger partial charge >= 0.3 is 12.4 Å². The molecule has 2 N–H and O–H groups in total. The van der Waals surface area contributed by atoms with E-state index >= 15 is 0 Å². The van der Waals surface area contributed by atoms with Crippen molar-refractivity contribution in [2.45, 2.75) is 44.2 Å². The fraction of sp³-hybridized carbons (Fsp3) is 0.267. The van der Waals surface area contributed by atoms with E-state index in [1.165, 1.54) is 11.9 Å². The van der Waals surface area contributed by atoms with Gasteiger partial charge in [0.1, 0.15) is 23.4 Å². The molecule has 1 fully saturated rings. The van der Waals surface area contributed by atoms with Gasteiger partial charge in [-0.05, 0) is 50.1 Å². The van der Waals surface area contributed by atoms with E-state index in [-0.39, 0.29) is 24.1 Å². The molecule has 2 aromatic carbocycles. The van der Waals surface area contributed by atoms with Crippen LogP contribution in [0.4, 0.5) is 40.8 Å². The van der Waals surface area contributed by atoms with Gasteiger partial charge in [-0.2, -0.15) is 26.3 Å². The molecule has 46 heavy (non-hydrogen) atoms. The molecule has 5 rings (SSSR count). The summed E-state index contributed by atoms with van der Waals surface area (Å²) in [6, 6.07) is 4.41. The fourth-order valence-electron chi connectivity index (χ4n) is 5.42. The smallest absolute Gasteiger partial charge is 0.433 e. The van der Waals surface area contributed by atoms with Gasteiger partial charge in [0, 0.05) is 17.7 Å². The molecule has 1 atom stereocenters. The van der Waals surface area contributed by atoms with E-state index in [2.05, 4.69) is 15.3 Å². The Kier molecular flexibility index (Phi) is 8.01. The summed E-state index contributed by atoms with van der Waals surface area (Å²) >= 11 is 0. The zero-order chi connectivity index (χ0) is 33.8. The summed E-state index contributed by atoms with van der Waals surface area (Å²) in [6.07, 6.45) is -3.65. The molecular weight excluding hydrogens is 630 g/mol. The SMILES string of the molecule is C#Cc1ccc(CN2C(=O)C(C(=O)Nc3ccc(C(F)(F)F)cc3-c3cc(C(F)(F)F)ncn3)=C(O)[C@@]3(C)CCCN23)c(F)c1F. The first-order valence-electron chi connectivity index (χ1n) is 13.4. The number of terminal acetylenes is 1. The number of hydrogen-bond donors (Lipinski definition) is 2. The molecule has 0 aliphatic carbocycles. The van der Waals surface area contributed by atoms with Crippen molar-refractivity contribution in [1.29, 1.82) is 0 Å². The van der Waals surface area contributed by atoms with Crippen LogP contribution in [0.25, 0.3) is 11.3 Å². The van der Waals surface area contributed by atoms with Crippen molar-refractivity contribution in [1.82, 2.24) is 20.0 Å². The molecule has 240 valence electrons. The van der Waals surface area contributed by atoms with Crippen molar-refractivity contribution in [2.75, 3.05) is 11.9 Å². The molecule has 2 amide bonds. The molecule has 0 radical (unpaired) electrons. The van der Waals surface area contributed by atoms with Gasteiger partial charge in [-0.15, -0.1) is 6.42 Å². The average Bonchev–Trinajstić information content (AvgIpc) is 3.39. The minimum atomic E-state index is -4.98. The van der Waals surface area contributed by atoms with E-state index in [1.807, 2.05) is 5.92 Å². The number of carbonyl (C=O) groups excluding carboxylic acids is 2. The number of aromatic nitrogens is 2. The number of nitrogens with one attached hydrogen (secondary N) is 1. The van der Waals surface area contributed by atoms with Gasteiger partial charge in [-0.3, -0.25) is 14.6 Å². The number of aliphatic hydroxyl groups excluding tert-OH is 1. The van der Waals surface area contributed by atoms with Crippen LogP contribution in [-0.4, -0.2) is 49.0 Å². The van der Waals surface area contributed by atoms with Crippen molar-refractivity contribution in [2.24, 2.45) is 0 Å². The first kappa shape index (κ1) is 32.4. The lowest BCUT2D eigenvalue weighted by Gasteiger charge is -2.46. The highest BCUT2D eigenvalue weighted by atomic mass is 19.4. The second kappa shape index (κ2) is 11.4. The summed E-state index contributed by atoms with van der Waals surface area (Å²) in [5.41, 5.74) is -7.41. The number of halogens is 8. The van der Waals surface area contributed by atoms with Gasteiger partial charge in [0.05, 0.1) is 34.6 Å². The van der Waals surface area contributed by atoms with Crippen LogP contribution in [0.15, 0.2) is 54.1 Å². The molecule has 16 heteroatoms. The molecule has 8 nitrogen and oxygen atoms in total. The van der Waals surface area contributed by atoms with Crippen LogP contribution in [0.2, 0.25) is 0 Å². The summed E-state index contributed by atoms with van der Waals surface area (Å²) in [5, 5.41) is 15.7. The van der Waals surface area contributed by atoms with Crippen LogP contribution >= 0.6 is 0 Å². The van der Waals surface area contributed by atoms with E-state index in [9.17, 15) is 49.8 Å². The Balaban J connectivity index is 1.56. The normalized spacial score (nSPS) is 18.9. The van der Waals surface area contributed by atoms with Crippen molar-refractivity contribution in [3.05, 3.63) is 88.1 Å².